The van der Waals surface area contributed by atoms with Crippen molar-refractivity contribution in [2.45, 2.75) is 31.1 Å². The van der Waals surface area contributed by atoms with Gasteiger partial charge in [-0.15, -0.1) is 10.2 Å². The molecule has 2 N–H and O–H groups in total. The summed E-state index contributed by atoms with van der Waals surface area (Å²) in [7, 11) is -4.34. The quantitative estimate of drug-likeness (QED) is 0.470. The third-order valence-corrected chi connectivity index (χ3v) is 7.70. The van der Waals surface area contributed by atoms with Crippen molar-refractivity contribution < 1.29 is 22.0 Å². The monoisotopic (exact) mass is 500 g/mol. The average molecular weight is 501 g/mol. The minimum atomic E-state index is -4.34. The number of sulfonamides is 1. The number of rotatable bonds is 7. The summed E-state index contributed by atoms with van der Waals surface area (Å²) in [6.07, 6.45) is 0. The van der Waals surface area contributed by atoms with Crippen LogP contribution in [-0.4, -0.2) is 31.1 Å². The highest BCUT2D eigenvalue weighted by molar-refractivity contribution is 7.89. The second-order valence-electron chi connectivity index (χ2n) is 7.22. The Hall–Kier alpha value is -2.47. The van der Waals surface area contributed by atoms with Crippen molar-refractivity contribution in [3.63, 3.8) is 0 Å². The molecule has 0 spiro atoms. The number of halogens is 3. The Morgan fingerprint density at radius 2 is 1.81 bits per heavy atom. The van der Waals surface area contributed by atoms with Gasteiger partial charge in [-0.1, -0.05) is 60.2 Å². The van der Waals surface area contributed by atoms with Crippen LogP contribution >= 0.6 is 22.9 Å². The molecule has 1 aromatic heterocycles. The molecule has 32 heavy (non-hydrogen) atoms. The van der Waals surface area contributed by atoms with Crippen LogP contribution in [0.15, 0.2) is 41.3 Å². The molecular formula is C20H19ClF2N4O3S2. The Bertz CT molecular complexity index is 1270. The molecule has 0 unspecified atom stereocenters. The maximum Gasteiger partial charge on any atom is 0.260 e. The molecule has 0 aliphatic carbocycles. The zero-order valence-electron chi connectivity index (χ0n) is 17.2. The second kappa shape index (κ2) is 9.18. The molecule has 0 atom stereocenters. The maximum absolute atomic E-state index is 14.5. The van der Waals surface area contributed by atoms with Gasteiger partial charge in [0, 0.05) is 12.0 Å². The number of aromatic nitrogens is 2. The van der Waals surface area contributed by atoms with Crippen LogP contribution in [0.25, 0.3) is 0 Å². The SMILES string of the molecule is CCNS(=O)(=O)c1cc(C(=O)Nc2nnc(C(C)(C)c3ccccc3)s2)c(F)c(Cl)c1F. The standard InChI is InChI=1S/C20H19ClF2N4O3S2/c1-4-24-32(29,30)13-10-12(15(22)14(21)16(13)23)17(28)25-19-27-26-18(31-19)20(2,3)11-8-6-5-7-9-11/h5-10,24H,4H2,1-3H3,(H,25,27,28). The summed E-state index contributed by atoms with van der Waals surface area (Å²) in [4.78, 5) is 11.7. The molecule has 0 aliphatic rings. The van der Waals surface area contributed by atoms with Crippen molar-refractivity contribution in [2.24, 2.45) is 0 Å². The minimum absolute atomic E-state index is 0.0386. The second-order valence-corrected chi connectivity index (χ2v) is 10.3. The lowest BCUT2D eigenvalue weighted by Gasteiger charge is -2.21. The van der Waals surface area contributed by atoms with E-state index in [0.717, 1.165) is 16.9 Å². The fourth-order valence-corrected chi connectivity index (χ4v) is 5.15. The Kier molecular flexibility index (Phi) is 6.94. The van der Waals surface area contributed by atoms with E-state index in [2.05, 4.69) is 20.2 Å². The van der Waals surface area contributed by atoms with Crippen LogP contribution in [0.4, 0.5) is 13.9 Å². The Morgan fingerprint density at radius 1 is 1.16 bits per heavy atom. The highest BCUT2D eigenvalue weighted by Crippen LogP contribution is 2.35. The van der Waals surface area contributed by atoms with E-state index in [-0.39, 0.29) is 11.7 Å². The number of carbonyl (C=O) groups is 1. The summed E-state index contributed by atoms with van der Waals surface area (Å²) in [6, 6.07) is 10.1. The predicted molar refractivity (Wildman–Crippen MR) is 119 cm³/mol. The molecule has 7 nitrogen and oxygen atoms in total. The number of hydrogen-bond donors (Lipinski definition) is 2. The van der Waals surface area contributed by atoms with Crippen molar-refractivity contribution in [1.82, 2.24) is 14.9 Å². The van der Waals surface area contributed by atoms with Gasteiger partial charge in [0.05, 0.1) is 5.56 Å². The van der Waals surface area contributed by atoms with Crippen molar-refractivity contribution >= 4 is 44.0 Å². The molecule has 0 aliphatic heterocycles. The lowest BCUT2D eigenvalue weighted by atomic mass is 9.85. The van der Waals surface area contributed by atoms with Crippen LogP contribution in [0.2, 0.25) is 5.02 Å². The van der Waals surface area contributed by atoms with E-state index in [0.29, 0.717) is 11.1 Å². The first-order valence-corrected chi connectivity index (χ1v) is 12.0. The average Bonchev–Trinajstić information content (AvgIpc) is 3.22. The van der Waals surface area contributed by atoms with E-state index in [9.17, 15) is 22.0 Å². The van der Waals surface area contributed by atoms with Gasteiger partial charge in [0.25, 0.3) is 5.91 Å². The van der Waals surface area contributed by atoms with Gasteiger partial charge >= 0.3 is 0 Å². The van der Waals surface area contributed by atoms with E-state index in [1.165, 1.54) is 6.92 Å². The highest BCUT2D eigenvalue weighted by Gasteiger charge is 2.30. The van der Waals surface area contributed by atoms with Gasteiger partial charge in [-0.25, -0.2) is 21.9 Å². The highest BCUT2D eigenvalue weighted by atomic mass is 35.5. The first kappa shape index (κ1) is 24.2. The Balaban J connectivity index is 1.93. The largest absolute Gasteiger partial charge is 0.296 e. The van der Waals surface area contributed by atoms with E-state index in [4.69, 9.17) is 11.6 Å². The number of anilines is 1. The van der Waals surface area contributed by atoms with E-state index in [1.807, 2.05) is 44.2 Å². The van der Waals surface area contributed by atoms with Gasteiger partial charge in [0.15, 0.2) is 11.6 Å². The number of nitrogens with one attached hydrogen (secondary N) is 2. The molecule has 170 valence electrons. The number of hydrogen-bond acceptors (Lipinski definition) is 6. The molecule has 1 heterocycles. The van der Waals surface area contributed by atoms with E-state index < -0.39 is 48.5 Å². The molecule has 0 radical (unpaired) electrons. The van der Waals surface area contributed by atoms with Crippen LogP contribution in [0.3, 0.4) is 0 Å². The third-order valence-electron chi connectivity index (χ3n) is 4.66. The summed E-state index contributed by atoms with van der Waals surface area (Å²) < 4.78 is 55.3. The Morgan fingerprint density at radius 3 is 2.44 bits per heavy atom. The number of amides is 1. The van der Waals surface area contributed by atoms with Crippen molar-refractivity contribution in [3.05, 3.63) is 69.2 Å². The van der Waals surface area contributed by atoms with Crippen molar-refractivity contribution in [2.75, 3.05) is 11.9 Å². The molecule has 12 heteroatoms. The topological polar surface area (TPSA) is 101 Å². The van der Waals surface area contributed by atoms with E-state index >= 15 is 0 Å². The molecule has 3 aromatic rings. The van der Waals surface area contributed by atoms with Crippen LogP contribution < -0.4 is 10.0 Å². The van der Waals surface area contributed by atoms with Gasteiger partial charge in [-0.05, 0) is 25.5 Å². The summed E-state index contributed by atoms with van der Waals surface area (Å²) in [5.74, 6) is -3.91. The zero-order chi connectivity index (χ0) is 23.7. The first-order chi connectivity index (χ1) is 15.0. The van der Waals surface area contributed by atoms with Gasteiger partial charge in [-0.2, -0.15) is 0 Å². The van der Waals surface area contributed by atoms with Gasteiger partial charge in [0.1, 0.15) is 14.9 Å². The number of nitrogens with zero attached hydrogens (tertiary/aromatic N) is 2. The molecular weight excluding hydrogens is 482 g/mol. The molecule has 0 bridgehead atoms. The summed E-state index contributed by atoms with van der Waals surface area (Å²) in [5, 5.41) is 9.95. The molecule has 3 rings (SSSR count). The fraction of sp³-hybridized carbons (Fsp3) is 0.250. The summed E-state index contributed by atoms with van der Waals surface area (Å²) >= 11 is 6.70. The lowest BCUT2D eigenvalue weighted by molar-refractivity contribution is 0.102. The predicted octanol–water partition coefficient (Wildman–Crippen LogP) is 4.35. The summed E-state index contributed by atoms with van der Waals surface area (Å²) in [6.45, 7) is 5.32. The minimum Gasteiger partial charge on any atom is -0.296 e. The zero-order valence-corrected chi connectivity index (χ0v) is 19.6. The van der Waals surface area contributed by atoms with Crippen LogP contribution in [0, 0.1) is 11.6 Å². The fourth-order valence-electron chi connectivity index (χ4n) is 2.88. The summed E-state index contributed by atoms with van der Waals surface area (Å²) in [5.41, 5.74) is -0.282. The molecule has 0 saturated carbocycles. The van der Waals surface area contributed by atoms with Crippen molar-refractivity contribution in [3.8, 4) is 0 Å². The lowest BCUT2D eigenvalue weighted by Crippen LogP contribution is -2.25. The number of carbonyl (C=O) groups excluding carboxylic acids is 1. The smallest absolute Gasteiger partial charge is 0.260 e. The first-order valence-electron chi connectivity index (χ1n) is 9.37. The van der Waals surface area contributed by atoms with Crippen LogP contribution in [0.5, 0.6) is 0 Å². The molecule has 1 amide bonds. The molecule has 0 fully saturated rings. The third kappa shape index (κ3) is 4.65. The normalized spacial score (nSPS) is 12.1. The Labute approximate surface area is 192 Å². The maximum atomic E-state index is 14.5. The van der Waals surface area contributed by atoms with Crippen LogP contribution in [0.1, 0.15) is 41.7 Å². The molecule has 0 saturated heterocycles. The van der Waals surface area contributed by atoms with Gasteiger partial charge < -0.3 is 0 Å². The van der Waals surface area contributed by atoms with Crippen LogP contribution in [-0.2, 0) is 15.4 Å². The van der Waals surface area contributed by atoms with Gasteiger partial charge in [-0.3, -0.25) is 10.1 Å². The van der Waals surface area contributed by atoms with Crippen molar-refractivity contribution in [1.29, 1.82) is 0 Å². The van der Waals surface area contributed by atoms with Gasteiger partial charge in [0.2, 0.25) is 15.2 Å². The molecule has 2 aromatic carbocycles. The number of benzene rings is 2. The van der Waals surface area contributed by atoms with E-state index in [1.54, 1.807) is 0 Å².